The summed E-state index contributed by atoms with van der Waals surface area (Å²) in [6.07, 6.45) is 2.60. The average Bonchev–Trinajstić information content (AvgIpc) is 2.44. The molecule has 6 nitrogen and oxygen atoms in total. The molecule has 1 aromatic rings. The highest BCUT2D eigenvalue weighted by Gasteiger charge is 1.97. The first-order valence-corrected chi connectivity index (χ1v) is 6.89. The van der Waals surface area contributed by atoms with Crippen molar-refractivity contribution in [3.05, 3.63) is 30.1 Å². The molecule has 0 fully saturated rings. The van der Waals surface area contributed by atoms with E-state index >= 15 is 0 Å². The Bertz CT molecular complexity index is 425. The van der Waals surface area contributed by atoms with Crippen molar-refractivity contribution in [1.29, 1.82) is 0 Å². The zero-order valence-electron chi connectivity index (χ0n) is 12.6. The van der Waals surface area contributed by atoms with Crippen LogP contribution in [0.15, 0.2) is 29.4 Å². The second kappa shape index (κ2) is 12.4. The third kappa shape index (κ3) is 10.1. The van der Waals surface area contributed by atoms with E-state index in [0.717, 1.165) is 24.6 Å². The number of aromatic nitrogens is 1. The number of aliphatic imine (C=N–C) groups is 1. The van der Waals surface area contributed by atoms with Crippen molar-refractivity contribution in [1.82, 2.24) is 20.9 Å². The SMILES string of the molecule is CCNC(=NCCc1ccccn1)NCCNC(C)=O.I. The minimum Gasteiger partial charge on any atom is -0.357 e. The number of carbonyl (C=O) groups is 1. The van der Waals surface area contributed by atoms with Crippen molar-refractivity contribution < 1.29 is 4.79 Å². The molecule has 3 N–H and O–H groups in total. The van der Waals surface area contributed by atoms with Crippen molar-refractivity contribution in [3.63, 3.8) is 0 Å². The van der Waals surface area contributed by atoms with E-state index in [0.29, 0.717) is 19.6 Å². The summed E-state index contributed by atoms with van der Waals surface area (Å²) in [6, 6.07) is 5.87. The molecule has 0 aliphatic carbocycles. The van der Waals surface area contributed by atoms with E-state index in [-0.39, 0.29) is 29.9 Å². The number of hydrogen-bond donors (Lipinski definition) is 3. The van der Waals surface area contributed by atoms with Gasteiger partial charge in [-0.1, -0.05) is 6.07 Å². The maximum absolute atomic E-state index is 10.8. The van der Waals surface area contributed by atoms with Gasteiger partial charge in [-0.3, -0.25) is 14.8 Å². The van der Waals surface area contributed by atoms with E-state index in [1.54, 1.807) is 6.20 Å². The molecule has 1 amide bonds. The Hall–Kier alpha value is -1.38. The number of hydrogen-bond acceptors (Lipinski definition) is 3. The molecule has 0 aromatic carbocycles. The van der Waals surface area contributed by atoms with Gasteiger partial charge in [0.15, 0.2) is 5.96 Å². The fourth-order valence-electron chi connectivity index (χ4n) is 1.59. The minimum absolute atomic E-state index is 0. The quantitative estimate of drug-likeness (QED) is 0.273. The normalized spacial score (nSPS) is 10.5. The summed E-state index contributed by atoms with van der Waals surface area (Å²) in [5.74, 6) is 0.734. The number of halogens is 1. The lowest BCUT2D eigenvalue weighted by molar-refractivity contribution is -0.118. The number of carbonyl (C=O) groups excluding carboxylic acids is 1. The van der Waals surface area contributed by atoms with Gasteiger partial charge in [-0.25, -0.2) is 0 Å². The fourth-order valence-corrected chi connectivity index (χ4v) is 1.59. The summed E-state index contributed by atoms with van der Waals surface area (Å²) < 4.78 is 0. The molecule has 0 unspecified atom stereocenters. The third-order valence-corrected chi connectivity index (χ3v) is 2.50. The number of amides is 1. The van der Waals surface area contributed by atoms with Crippen LogP contribution in [0.25, 0.3) is 0 Å². The molecule has 1 rings (SSSR count). The largest absolute Gasteiger partial charge is 0.357 e. The van der Waals surface area contributed by atoms with Gasteiger partial charge < -0.3 is 16.0 Å². The van der Waals surface area contributed by atoms with Crippen LogP contribution in [-0.4, -0.2) is 43.0 Å². The van der Waals surface area contributed by atoms with E-state index in [1.165, 1.54) is 6.92 Å². The Morgan fingerprint density at radius 3 is 2.62 bits per heavy atom. The van der Waals surface area contributed by atoms with Crippen molar-refractivity contribution in [3.8, 4) is 0 Å². The number of guanidine groups is 1. The van der Waals surface area contributed by atoms with Crippen molar-refractivity contribution in [2.75, 3.05) is 26.2 Å². The summed E-state index contributed by atoms with van der Waals surface area (Å²) in [4.78, 5) is 19.5. The van der Waals surface area contributed by atoms with E-state index in [9.17, 15) is 4.79 Å². The maximum Gasteiger partial charge on any atom is 0.216 e. The predicted octanol–water partition coefficient (Wildman–Crippen LogP) is 0.933. The van der Waals surface area contributed by atoms with Gasteiger partial charge in [0.2, 0.25) is 5.91 Å². The van der Waals surface area contributed by atoms with Crippen LogP contribution in [0.2, 0.25) is 0 Å². The molecular formula is C14H24IN5O. The van der Waals surface area contributed by atoms with Gasteiger partial charge in [0, 0.05) is 51.4 Å². The Kier molecular flexibility index (Phi) is 11.6. The Labute approximate surface area is 143 Å². The average molecular weight is 405 g/mol. The first-order valence-electron chi connectivity index (χ1n) is 6.89. The van der Waals surface area contributed by atoms with Gasteiger partial charge in [-0.05, 0) is 19.1 Å². The Morgan fingerprint density at radius 2 is 2.00 bits per heavy atom. The van der Waals surface area contributed by atoms with E-state index in [2.05, 4.69) is 25.9 Å². The highest BCUT2D eigenvalue weighted by Crippen LogP contribution is 1.94. The van der Waals surface area contributed by atoms with Crippen LogP contribution in [0.5, 0.6) is 0 Å². The van der Waals surface area contributed by atoms with Gasteiger partial charge in [0.05, 0.1) is 0 Å². The molecule has 0 saturated heterocycles. The van der Waals surface area contributed by atoms with Crippen molar-refractivity contribution >= 4 is 35.8 Å². The van der Waals surface area contributed by atoms with Gasteiger partial charge >= 0.3 is 0 Å². The lowest BCUT2D eigenvalue weighted by atomic mass is 10.3. The van der Waals surface area contributed by atoms with Crippen LogP contribution in [0, 0.1) is 0 Å². The summed E-state index contributed by atoms with van der Waals surface area (Å²) in [5.41, 5.74) is 1.03. The number of pyridine rings is 1. The number of rotatable bonds is 7. The number of nitrogens with zero attached hydrogens (tertiary/aromatic N) is 2. The van der Waals surface area contributed by atoms with Crippen LogP contribution in [0.1, 0.15) is 19.5 Å². The highest BCUT2D eigenvalue weighted by molar-refractivity contribution is 14.0. The van der Waals surface area contributed by atoms with Crippen LogP contribution in [0.3, 0.4) is 0 Å². The van der Waals surface area contributed by atoms with Gasteiger partial charge in [-0.2, -0.15) is 0 Å². The second-order valence-electron chi connectivity index (χ2n) is 4.24. The van der Waals surface area contributed by atoms with Gasteiger partial charge in [0.1, 0.15) is 0 Å². The Balaban J connectivity index is 0.00000400. The van der Waals surface area contributed by atoms with Gasteiger partial charge in [0.25, 0.3) is 0 Å². The summed E-state index contributed by atoms with van der Waals surface area (Å²) in [5, 5.41) is 9.06. The molecule has 0 aliphatic rings. The molecule has 118 valence electrons. The smallest absolute Gasteiger partial charge is 0.216 e. The van der Waals surface area contributed by atoms with E-state index in [1.807, 2.05) is 25.1 Å². The summed E-state index contributed by atoms with van der Waals surface area (Å²) in [6.45, 7) is 6.23. The molecule has 0 aliphatic heterocycles. The maximum atomic E-state index is 10.8. The first kappa shape index (κ1) is 19.6. The molecule has 1 aromatic heterocycles. The molecule has 7 heteroatoms. The molecule has 0 radical (unpaired) electrons. The van der Waals surface area contributed by atoms with E-state index < -0.39 is 0 Å². The topological polar surface area (TPSA) is 78.4 Å². The second-order valence-corrected chi connectivity index (χ2v) is 4.24. The monoisotopic (exact) mass is 405 g/mol. The molecule has 0 atom stereocenters. The Morgan fingerprint density at radius 1 is 1.24 bits per heavy atom. The van der Waals surface area contributed by atoms with Gasteiger partial charge in [-0.15, -0.1) is 24.0 Å². The number of nitrogens with one attached hydrogen (secondary N) is 3. The zero-order chi connectivity index (χ0) is 14.6. The molecule has 0 saturated carbocycles. The molecule has 0 bridgehead atoms. The lowest BCUT2D eigenvalue weighted by Gasteiger charge is -2.11. The molecular weight excluding hydrogens is 381 g/mol. The van der Waals surface area contributed by atoms with E-state index in [4.69, 9.17) is 0 Å². The third-order valence-electron chi connectivity index (χ3n) is 2.50. The highest BCUT2D eigenvalue weighted by atomic mass is 127. The van der Waals surface area contributed by atoms with Crippen LogP contribution in [-0.2, 0) is 11.2 Å². The summed E-state index contributed by atoms with van der Waals surface area (Å²) >= 11 is 0. The minimum atomic E-state index is -0.0242. The molecule has 21 heavy (non-hydrogen) atoms. The first-order chi connectivity index (χ1) is 9.72. The zero-order valence-corrected chi connectivity index (χ0v) is 14.9. The van der Waals surface area contributed by atoms with Crippen LogP contribution in [0.4, 0.5) is 0 Å². The predicted molar refractivity (Wildman–Crippen MR) is 96.0 cm³/mol. The van der Waals surface area contributed by atoms with Crippen molar-refractivity contribution in [2.45, 2.75) is 20.3 Å². The standard InChI is InChI=1S/C14H23N5O.HI/c1-3-15-14(19-11-10-16-12(2)20)18-9-7-13-6-4-5-8-17-13;/h4-6,8H,3,7,9-11H2,1-2H3,(H,16,20)(H2,15,18,19);1H. The van der Waals surface area contributed by atoms with Crippen molar-refractivity contribution in [2.24, 2.45) is 4.99 Å². The molecule has 0 spiro atoms. The molecule has 1 heterocycles. The van der Waals surface area contributed by atoms with Crippen LogP contribution >= 0.6 is 24.0 Å². The van der Waals surface area contributed by atoms with Crippen LogP contribution < -0.4 is 16.0 Å². The fraction of sp³-hybridized carbons (Fsp3) is 0.500. The lowest BCUT2D eigenvalue weighted by Crippen LogP contribution is -2.41. The summed E-state index contributed by atoms with van der Waals surface area (Å²) in [7, 11) is 0.